The van der Waals surface area contributed by atoms with Crippen LogP contribution >= 0.6 is 0 Å². The molecule has 0 saturated heterocycles. The number of para-hydroxylation sites is 1. The normalized spacial score (nSPS) is 9.71. The van der Waals surface area contributed by atoms with E-state index in [-0.39, 0.29) is 5.91 Å². The summed E-state index contributed by atoms with van der Waals surface area (Å²) in [7, 11) is 0. The second-order valence-corrected chi connectivity index (χ2v) is 3.63. The average molecular weight is 233 g/mol. The average Bonchev–Trinajstić information content (AvgIpc) is 2.35. The lowest BCUT2D eigenvalue weighted by molar-refractivity contribution is -0.120. The minimum Gasteiger partial charge on any atom is -0.494 e. The van der Waals surface area contributed by atoms with Gasteiger partial charge in [-0.3, -0.25) is 4.79 Å². The third-order valence-corrected chi connectivity index (χ3v) is 2.34. The summed E-state index contributed by atoms with van der Waals surface area (Å²) < 4.78 is 5.50. The Morgan fingerprint density at radius 1 is 1.47 bits per heavy atom. The summed E-state index contributed by atoms with van der Waals surface area (Å²) in [5.41, 5.74) is 1.07. The molecule has 92 valence electrons. The van der Waals surface area contributed by atoms with Gasteiger partial charge in [0.15, 0.2) is 0 Å². The maximum Gasteiger partial charge on any atom is 0.220 e. The third-order valence-electron chi connectivity index (χ3n) is 2.34. The molecular formula is C14H19NO2. The monoisotopic (exact) mass is 233 g/mol. The summed E-state index contributed by atoms with van der Waals surface area (Å²) in [5, 5.41) is 2.76. The van der Waals surface area contributed by atoms with Gasteiger partial charge in [-0.05, 0) is 25.0 Å². The van der Waals surface area contributed by atoms with Crippen molar-refractivity contribution in [3.63, 3.8) is 0 Å². The SMILES string of the molecule is C=CCNC(=O)CCc1ccccc1OCC. The Kier molecular flexibility index (Phi) is 5.86. The minimum absolute atomic E-state index is 0.0381. The summed E-state index contributed by atoms with van der Waals surface area (Å²) in [4.78, 5) is 11.4. The molecule has 0 heterocycles. The molecule has 0 atom stereocenters. The van der Waals surface area contributed by atoms with Crippen LogP contribution in [-0.4, -0.2) is 19.1 Å². The lowest BCUT2D eigenvalue weighted by Crippen LogP contribution is -2.23. The fraction of sp³-hybridized carbons (Fsp3) is 0.357. The van der Waals surface area contributed by atoms with Crippen molar-refractivity contribution in [2.45, 2.75) is 19.8 Å². The first-order chi connectivity index (χ1) is 8.27. The summed E-state index contributed by atoms with van der Waals surface area (Å²) in [5.74, 6) is 0.905. The lowest BCUT2D eigenvalue weighted by atomic mass is 10.1. The number of aryl methyl sites for hydroxylation is 1. The Balaban J connectivity index is 2.50. The van der Waals surface area contributed by atoms with E-state index in [1.165, 1.54) is 0 Å². The molecule has 0 unspecified atom stereocenters. The Labute approximate surface area is 102 Å². The van der Waals surface area contributed by atoms with Crippen molar-refractivity contribution in [3.05, 3.63) is 42.5 Å². The fourth-order valence-electron chi connectivity index (χ4n) is 1.53. The molecule has 0 aromatic heterocycles. The molecule has 1 aromatic rings. The largest absolute Gasteiger partial charge is 0.494 e. The van der Waals surface area contributed by atoms with Crippen LogP contribution < -0.4 is 10.1 Å². The van der Waals surface area contributed by atoms with Crippen LogP contribution in [0.1, 0.15) is 18.9 Å². The van der Waals surface area contributed by atoms with Crippen molar-refractivity contribution in [1.82, 2.24) is 5.32 Å². The molecular weight excluding hydrogens is 214 g/mol. The third kappa shape index (κ3) is 4.72. The molecule has 0 aliphatic heterocycles. The van der Waals surface area contributed by atoms with E-state index in [2.05, 4.69) is 11.9 Å². The number of benzene rings is 1. The lowest BCUT2D eigenvalue weighted by Gasteiger charge is -2.09. The van der Waals surface area contributed by atoms with Gasteiger partial charge in [-0.2, -0.15) is 0 Å². The van der Waals surface area contributed by atoms with Crippen molar-refractivity contribution in [2.24, 2.45) is 0 Å². The van der Waals surface area contributed by atoms with E-state index in [4.69, 9.17) is 4.74 Å². The van der Waals surface area contributed by atoms with Gasteiger partial charge in [0.2, 0.25) is 5.91 Å². The molecule has 0 spiro atoms. The molecule has 1 amide bonds. The van der Waals surface area contributed by atoms with Gasteiger partial charge in [-0.1, -0.05) is 24.3 Å². The van der Waals surface area contributed by atoms with Crippen molar-refractivity contribution in [3.8, 4) is 5.75 Å². The second-order valence-electron chi connectivity index (χ2n) is 3.63. The number of carbonyl (C=O) groups is 1. The van der Waals surface area contributed by atoms with Crippen LogP contribution in [0.15, 0.2) is 36.9 Å². The van der Waals surface area contributed by atoms with E-state index in [9.17, 15) is 4.79 Å². The Morgan fingerprint density at radius 2 is 2.24 bits per heavy atom. The highest BCUT2D eigenvalue weighted by molar-refractivity contribution is 5.76. The first-order valence-electron chi connectivity index (χ1n) is 5.86. The van der Waals surface area contributed by atoms with E-state index in [0.29, 0.717) is 26.0 Å². The zero-order valence-electron chi connectivity index (χ0n) is 10.2. The van der Waals surface area contributed by atoms with Gasteiger partial charge in [0.25, 0.3) is 0 Å². The van der Waals surface area contributed by atoms with Gasteiger partial charge in [-0.25, -0.2) is 0 Å². The van der Waals surface area contributed by atoms with Crippen LogP contribution in [0.2, 0.25) is 0 Å². The molecule has 17 heavy (non-hydrogen) atoms. The molecule has 1 aromatic carbocycles. The van der Waals surface area contributed by atoms with Gasteiger partial charge in [0.1, 0.15) is 5.75 Å². The van der Waals surface area contributed by atoms with Crippen LogP contribution in [0.25, 0.3) is 0 Å². The van der Waals surface area contributed by atoms with Gasteiger partial charge in [0, 0.05) is 13.0 Å². The number of rotatable bonds is 7. The molecule has 0 radical (unpaired) electrons. The second kappa shape index (κ2) is 7.49. The van der Waals surface area contributed by atoms with Crippen molar-refractivity contribution >= 4 is 5.91 Å². The van der Waals surface area contributed by atoms with E-state index >= 15 is 0 Å². The van der Waals surface area contributed by atoms with E-state index in [0.717, 1.165) is 11.3 Å². The molecule has 0 aliphatic carbocycles. The number of hydrogen-bond acceptors (Lipinski definition) is 2. The standard InChI is InChI=1S/C14H19NO2/c1-3-11-15-14(16)10-9-12-7-5-6-8-13(12)17-4-2/h3,5-8H,1,4,9-11H2,2H3,(H,15,16). The van der Waals surface area contributed by atoms with Crippen LogP contribution in [0.3, 0.4) is 0 Å². The van der Waals surface area contributed by atoms with Crippen LogP contribution in [0.5, 0.6) is 5.75 Å². The van der Waals surface area contributed by atoms with E-state index in [1.54, 1.807) is 6.08 Å². The highest BCUT2D eigenvalue weighted by Crippen LogP contribution is 2.19. The summed E-state index contributed by atoms with van der Waals surface area (Å²) in [6.45, 7) is 6.66. The van der Waals surface area contributed by atoms with Crippen molar-refractivity contribution in [2.75, 3.05) is 13.2 Å². The number of hydrogen-bond donors (Lipinski definition) is 1. The van der Waals surface area contributed by atoms with Crippen LogP contribution in [0.4, 0.5) is 0 Å². The maximum atomic E-state index is 11.4. The first kappa shape index (κ1) is 13.3. The molecule has 0 bridgehead atoms. The minimum atomic E-state index is 0.0381. The molecule has 1 N–H and O–H groups in total. The topological polar surface area (TPSA) is 38.3 Å². The first-order valence-corrected chi connectivity index (χ1v) is 5.86. The number of ether oxygens (including phenoxy) is 1. The Morgan fingerprint density at radius 3 is 2.94 bits per heavy atom. The Bertz CT molecular complexity index is 374. The smallest absolute Gasteiger partial charge is 0.220 e. The molecule has 3 nitrogen and oxygen atoms in total. The fourth-order valence-corrected chi connectivity index (χ4v) is 1.53. The predicted molar refractivity (Wildman–Crippen MR) is 69.1 cm³/mol. The van der Waals surface area contributed by atoms with Crippen LogP contribution in [-0.2, 0) is 11.2 Å². The zero-order valence-corrected chi connectivity index (χ0v) is 10.2. The van der Waals surface area contributed by atoms with Crippen molar-refractivity contribution < 1.29 is 9.53 Å². The number of amides is 1. The van der Waals surface area contributed by atoms with E-state index in [1.807, 2.05) is 31.2 Å². The summed E-state index contributed by atoms with van der Waals surface area (Å²) in [6, 6.07) is 7.82. The molecule has 0 fully saturated rings. The maximum absolute atomic E-state index is 11.4. The highest BCUT2D eigenvalue weighted by atomic mass is 16.5. The van der Waals surface area contributed by atoms with Crippen LogP contribution in [0, 0.1) is 0 Å². The summed E-state index contributed by atoms with van der Waals surface area (Å²) >= 11 is 0. The Hall–Kier alpha value is -1.77. The van der Waals surface area contributed by atoms with Gasteiger partial charge in [0.05, 0.1) is 6.61 Å². The van der Waals surface area contributed by atoms with E-state index < -0.39 is 0 Å². The molecule has 1 rings (SSSR count). The van der Waals surface area contributed by atoms with Gasteiger partial charge in [-0.15, -0.1) is 6.58 Å². The molecule has 0 aliphatic rings. The predicted octanol–water partition coefficient (Wildman–Crippen LogP) is 2.32. The van der Waals surface area contributed by atoms with Crippen molar-refractivity contribution in [1.29, 1.82) is 0 Å². The zero-order chi connectivity index (χ0) is 12.5. The van der Waals surface area contributed by atoms with Gasteiger partial charge >= 0.3 is 0 Å². The molecule has 0 saturated carbocycles. The number of nitrogens with one attached hydrogen (secondary N) is 1. The summed E-state index contributed by atoms with van der Waals surface area (Å²) in [6.07, 6.45) is 2.84. The highest BCUT2D eigenvalue weighted by Gasteiger charge is 2.05. The molecule has 3 heteroatoms. The number of carbonyl (C=O) groups excluding carboxylic acids is 1. The quantitative estimate of drug-likeness (QED) is 0.734. The van der Waals surface area contributed by atoms with Gasteiger partial charge < -0.3 is 10.1 Å².